The minimum absolute atomic E-state index is 0.0672. The summed E-state index contributed by atoms with van der Waals surface area (Å²) < 4.78 is 0.679. The highest BCUT2D eigenvalue weighted by Gasteiger charge is 2.14. The summed E-state index contributed by atoms with van der Waals surface area (Å²) in [5.74, 6) is -0.167. The minimum atomic E-state index is -0.302. The van der Waals surface area contributed by atoms with Gasteiger partial charge in [0.05, 0.1) is 3.57 Å². The van der Waals surface area contributed by atoms with Gasteiger partial charge in [-0.3, -0.25) is 4.79 Å². The maximum Gasteiger partial charge on any atom is 0.251 e. The molecule has 6 nitrogen and oxygen atoms in total. The van der Waals surface area contributed by atoms with Crippen LogP contribution in [0, 0.1) is 3.57 Å². The lowest BCUT2D eigenvalue weighted by Gasteiger charge is -2.16. The molecule has 0 bridgehead atoms. The van der Waals surface area contributed by atoms with Crippen molar-refractivity contribution < 1.29 is 15.1 Å². The van der Waals surface area contributed by atoms with Crippen LogP contribution in [0.2, 0.25) is 0 Å². The lowest BCUT2D eigenvalue weighted by atomic mass is 10.1. The van der Waals surface area contributed by atoms with Crippen molar-refractivity contribution in [3.8, 4) is 5.75 Å². The standard InChI is InChI=1S/C12H16IN3O3/c1-2-8(6-11(14)16-19)15-12(18)7-3-4-9(13)10(17)5-7/h3-5,8,17,19H,2,6H2,1H3,(H2,14,16)(H,15,18). The maximum atomic E-state index is 12.0. The molecule has 0 aliphatic heterocycles. The molecule has 0 spiro atoms. The molecule has 104 valence electrons. The molecule has 19 heavy (non-hydrogen) atoms. The normalized spacial score (nSPS) is 13.1. The van der Waals surface area contributed by atoms with Gasteiger partial charge < -0.3 is 21.4 Å². The first kappa shape index (κ1) is 15.5. The molecule has 1 atom stereocenters. The van der Waals surface area contributed by atoms with Crippen molar-refractivity contribution in [3.63, 3.8) is 0 Å². The number of phenols is 1. The van der Waals surface area contributed by atoms with E-state index in [1.54, 1.807) is 12.1 Å². The molecule has 1 amide bonds. The van der Waals surface area contributed by atoms with Crippen LogP contribution in [0.15, 0.2) is 23.4 Å². The fourth-order valence-corrected chi connectivity index (χ4v) is 1.85. The second-order valence-corrected chi connectivity index (χ2v) is 5.20. The van der Waals surface area contributed by atoms with Gasteiger partial charge in [0.1, 0.15) is 11.6 Å². The SMILES string of the molecule is CCC(C/C(N)=N/O)NC(=O)c1ccc(I)c(O)c1. The highest BCUT2D eigenvalue weighted by molar-refractivity contribution is 14.1. The number of nitrogens with two attached hydrogens (primary N) is 1. The number of halogens is 1. The van der Waals surface area contributed by atoms with Gasteiger partial charge in [-0.15, -0.1) is 0 Å². The van der Waals surface area contributed by atoms with Crippen LogP contribution < -0.4 is 11.1 Å². The van der Waals surface area contributed by atoms with Gasteiger partial charge in [0.2, 0.25) is 0 Å². The van der Waals surface area contributed by atoms with Gasteiger partial charge in [-0.05, 0) is 47.2 Å². The van der Waals surface area contributed by atoms with Gasteiger partial charge in [-0.2, -0.15) is 0 Å². The van der Waals surface area contributed by atoms with Crippen LogP contribution in [-0.2, 0) is 0 Å². The Bertz CT molecular complexity index is 491. The molecule has 1 unspecified atom stereocenters. The fourth-order valence-electron chi connectivity index (χ4n) is 1.51. The number of phenolic OH excluding ortho intramolecular Hbond substituents is 1. The average Bonchev–Trinajstić information content (AvgIpc) is 2.40. The van der Waals surface area contributed by atoms with Crippen molar-refractivity contribution in [1.82, 2.24) is 5.32 Å². The zero-order valence-corrected chi connectivity index (χ0v) is 12.6. The Morgan fingerprint density at radius 3 is 2.79 bits per heavy atom. The Morgan fingerprint density at radius 1 is 1.58 bits per heavy atom. The fraction of sp³-hybridized carbons (Fsp3) is 0.333. The predicted molar refractivity (Wildman–Crippen MR) is 80.4 cm³/mol. The molecule has 0 heterocycles. The van der Waals surface area contributed by atoms with Gasteiger partial charge >= 0.3 is 0 Å². The quantitative estimate of drug-likeness (QED) is 0.206. The number of nitrogens with one attached hydrogen (secondary N) is 1. The van der Waals surface area contributed by atoms with E-state index in [2.05, 4.69) is 10.5 Å². The molecule has 1 rings (SSSR count). The Hall–Kier alpha value is -1.51. The molecule has 1 aromatic carbocycles. The average molecular weight is 377 g/mol. The van der Waals surface area contributed by atoms with Crippen molar-refractivity contribution in [1.29, 1.82) is 0 Å². The number of carbonyl (C=O) groups is 1. The van der Waals surface area contributed by atoms with Gasteiger partial charge in [-0.1, -0.05) is 12.1 Å². The van der Waals surface area contributed by atoms with Crippen LogP contribution in [0.5, 0.6) is 5.75 Å². The van der Waals surface area contributed by atoms with E-state index in [1.165, 1.54) is 6.07 Å². The molecule has 0 fully saturated rings. The molecule has 0 radical (unpaired) electrons. The van der Waals surface area contributed by atoms with E-state index in [0.717, 1.165) is 0 Å². The molecule has 0 saturated carbocycles. The van der Waals surface area contributed by atoms with E-state index >= 15 is 0 Å². The number of oxime groups is 1. The zero-order valence-electron chi connectivity index (χ0n) is 10.4. The van der Waals surface area contributed by atoms with Crippen LogP contribution in [-0.4, -0.2) is 28.1 Å². The van der Waals surface area contributed by atoms with Gasteiger partial charge in [0.25, 0.3) is 5.91 Å². The third kappa shape index (κ3) is 4.58. The summed E-state index contributed by atoms with van der Waals surface area (Å²) in [6.07, 6.45) is 0.924. The number of benzene rings is 1. The topological polar surface area (TPSA) is 108 Å². The van der Waals surface area contributed by atoms with Crippen molar-refractivity contribution in [3.05, 3.63) is 27.3 Å². The third-order valence-electron chi connectivity index (χ3n) is 2.62. The Balaban J connectivity index is 2.74. The second kappa shape index (κ2) is 7.17. The van der Waals surface area contributed by atoms with E-state index < -0.39 is 0 Å². The lowest BCUT2D eigenvalue weighted by molar-refractivity contribution is 0.0936. The number of aromatic hydroxyl groups is 1. The van der Waals surface area contributed by atoms with Crippen molar-refractivity contribution in [2.45, 2.75) is 25.8 Å². The second-order valence-electron chi connectivity index (χ2n) is 4.04. The third-order valence-corrected chi connectivity index (χ3v) is 3.53. The Kier molecular flexibility index (Phi) is 5.87. The van der Waals surface area contributed by atoms with Gasteiger partial charge in [0.15, 0.2) is 0 Å². The van der Waals surface area contributed by atoms with Crippen molar-refractivity contribution >= 4 is 34.3 Å². The van der Waals surface area contributed by atoms with E-state index in [1.807, 2.05) is 29.5 Å². The minimum Gasteiger partial charge on any atom is -0.507 e. The molecular weight excluding hydrogens is 361 g/mol. The maximum absolute atomic E-state index is 12.0. The number of amidine groups is 1. The Morgan fingerprint density at radius 2 is 2.26 bits per heavy atom. The van der Waals surface area contributed by atoms with Crippen molar-refractivity contribution in [2.24, 2.45) is 10.9 Å². The highest BCUT2D eigenvalue weighted by Crippen LogP contribution is 2.20. The number of nitrogens with zero attached hydrogens (tertiary/aromatic N) is 1. The van der Waals surface area contributed by atoms with Gasteiger partial charge in [-0.25, -0.2) is 0 Å². The molecule has 1 aromatic rings. The van der Waals surface area contributed by atoms with Crippen molar-refractivity contribution in [2.75, 3.05) is 0 Å². The van der Waals surface area contributed by atoms with Crippen LogP contribution in [0.3, 0.4) is 0 Å². The van der Waals surface area contributed by atoms with E-state index in [9.17, 15) is 9.90 Å². The summed E-state index contributed by atoms with van der Waals surface area (Å²) >= 11 is 1.98. The monoisotopic (exact) mass is 377 g/mol. The molecule has 5 N–H and O–H groups in total. The van der Waals surface area contributed by atoms with E-state index in [-0.39, 0.29) is 30.0 Å². The number of rotatable bonds is 5. The molecule has 0 saturated heterocycles. The number of amides is 1. The summed E-state index contributed by atoms with van der Waals surface area (Å²) in [5.41, 5.74) is 5.79. The number of hydrogen-bond acceptors (Lipinski definition) is 4. The predicted octanol–water partition coefficient (Wildman–Crippen LogP) is 1.64. The smallest absolute Gasteiger partial charge is 0.251 e. The van der Waals surface area contributed by atoms with Crippen LogP contribution in [0.25, 0.3) is 0 Å². The van der Waals surface area contributed by atoms with Crippen LogP contribution in [0.1, 0.15) is 30.1 Å². The molecule has 0 aliphatic rings. The summed E-state index contributed by atoms with van der Waals surface area (Å²) in [4.78, 5) is 12.0. The zero-order chi connectivity index (χ0) is 14.4. The number of carbonyl (C=O) groups excluding carboxylic acids is 1. The van der Waals surface area contributed by atoms with E-state index in [4.69, 9.17) is 10.9 Å². The summed E-state index contributed by atoms with van der Waals surface area (Å²) in [6, 6.07) is 4.49. The van der Waals surface area contributed by atoms with Crippen LogP contribution >= 0.6 is 22.6 Å². The van der Waals surface area contributed by atoms with E-state index in [0.29, 0.717) is 15.6 Å². The molecule has 0 aliphatic carbocycles. The first-order chi connectivity index (χ1) is 8.97. The van der Waals surface area contributed by atoms with Crippen LogP contribution in [0.4, 0.5) is 0 Å². The van der Waals surface area contributed by atoms with Gasteiger partial charge in [0, 0.05) is 18.0 Å². The summed E-state index contributed by atoms with van der Waals surface area (Å²) in [5, 5.41) is 23.7. The first-order valence-corrected chi connectivity index (χ1v) is 6.81. The molecule has 7 heteroatoms. The Labute approximate surface area is 124 Å². The lowest BCUT2D eigenvalue weighted by Crippen LogP contribution is -2.37. The highest BCUT2D eigenvalue weighted by atomic mass is 127. The first-order valence-electron chi connectivity index (χ1n) is 5.73. The number of hydrogen-bond donors (Lipinski definition) is 4. The summed E-state index contributed by atoms with van der Waals surface area (Å²) in [6.45, 7) is 1.89. The summed E-state index contributed by atoms with van der Waals surface area (Å²) in [7, 11) is 0. The molecule has 0 aromatic heterocycles. The molecular formula is C12H16IN3O3. The largest absolute Gasteiger partial charge is 0.507 e.